The molecule has 0 spiro atoms. The van der Waals surface area contributed by atoms with Crippen molar-refractivity contribution in [2.75, 3.05) is 13.7 Å². The van der Waals surface area contributed by atoms with Gasteiger partial charge in [-0.3, -0.25) is 14.7 Å². The van der Waals surface area contributed by atoms with Crippen molar-refractivity contribution in [1.82, 2.24) is 19.9 Å². The molecule has 4 rings (SSSR count). The highest BCUT2D eigenvalue weighted by molar-refractivity contribution is 5.54. The summed E-state index contributed by atoms with van der Waals surface area (Å²) in [7, 11) is 1.66. The summed E-state index contributed by atoms with van der Waals surface area (Å²) in [6.45, 7) is 2.29. The first-order chi connectivity index (χ1) is 12.7. The van der Waals surface area contributed by atoms with Gasteiger partial charge in [-0.2, -0.15) is 0 Å². The number of hydrogen-bond donors (Lipinski definition) is 1. The van der Waals surface area contributed by atoms with E-state index in [1.54, 1.807) is 19.5 Å². The van der Waals surface area contributed by atoms with Gasteiger partial charge in [0.25, 0.3) is 5.56 Å². The SMILES string of the molecule is COc1ccc(CN2CCc3nc(-c4ccncc4)[nH]c(=O)c3C2)cc1. The van der Waals surface area contributed by atoms with Crippen molar-refractivity contribution in [3.8, 4) is 17.1 Å². The third kappa shape index (κ3) is 3.36. The first-order valence-electron chi connectivity index (χ1n) is 8.60. The number of methoxy groups -OCH3 is 1. The zero-order chi connectivity index (χ0) is 17.9. The molecule has 3 heterocycles. The van der Waals surface area contributed by atoms with Gasteiger partial charge in [0.1, 0.15) is 11.6 Å². The summed E-state index contributed by atoms with van der Waals surface area (Å²) in [6.07, 6.45) is 4.17. The van der Waals surface area contributed by atoms with E-state index in [2.05, 4.69) is 32.0 Å². The van der Waals surface area contributed by atoms with E-state index >= 15 is 0 Å². The minimum atomic E-state index is -0.0544. The van der Waals surface area contributed by atoms with Crippen LogP contribution in [0.3, 0.4) is 0 Å². The number of nitrogens with one attached hydrogen (secondary N) is 1. The number of aromatic nitrogens is 3. The molecule has 0 amide bonds. The van der Waals surface area contributed by atoms with Crippen LogP contribution in [0, 0.1) is 0 Å². The van der Waals surface area contributed by atoms with Gasteiger partial charge in [-0.25, -0.2) is 4.98 Å². The second-order valence-electron chi connectivity index (χ2n) is 6.38. The van der Waals surface area contributed by atoms with E-state index in [9.17, 15) is 4.79 Å². The average molecular weight is 348 g/mol. The highest BCUT2D eigenvalue weighted by Crippen LogP contribution is 2.20. The number of benzene rings is 1. The summed E-state index contributed by atoms with van der Waals surface area (Å²) in [6, 6.07) is 11.7. The lowest BCUT2D eigenvalue weighted by atomic mass is 10.1. The van der Waals surface area contributed by atoms with Crippen LogP contribution in [0.5, 0.6) is 5.75 Å². The molecule has 0 radical (unpaired) electrons. The molecule has 0 saturated heterocycles. The molecule has 6 heteroatoms. The summed E-state index contributed by atoms with van der Waals surface area (Å²) in [5.41, 5.74) is 3.68. The fourth-order valence-corrected chi connectivity index (χ4v) is 3.25. The van der Waals surface area contributed by atoms with Crippen LogP contribution < -0.4 is 10.3 Å². The second kappa shape index (κ2) is 7.09. The maximum absolute atomic E-state index is 12.6. The quantitative estimate of drug-likeness (QED) is 0.784. The van der Waals surface area contributed by atoms with Crippen molar-refractivity contribution in [2.45, 2.75) is 19.5 Å². The average Bonchev–Trinajstić information content (AvgIpc) is 2.69. The molecule has 3 aromatic rings. The Morgan fingerprint density at radius 1 is 1.15 bits per heavy atom. The Labute approximate surface area is 151 Å². The van der Waals surface area contributed by atoms with Gasteiger partial charge in [-0.1, -0.05) is 12.1 Å². The van der Waals surface area contributed by atoms with Crippen LogP contribution in [-0.2, 0) is 19.5 Å². The molecule has 0 saturated carbocycles. The molecular weight excluding hydrogens is 328 g/mol. The van der Waals surface area contributed by atoms with E-state index in [1.165, 1.54) is 5.56 Å². The summed E-state index contributed by atoms with van der Waals surface area (Å²) in [5, 5.41) is 0. The molecule has 1 aliphatic rings. The van der Waals surface area contributed by atoms with Gasteiger partial charge < -0.3 is 9.72 Å². The van der Waals surface area contributed by atoms with E-state index in [1.807, 2.05) is 24.3 Å². The number of hydrogen-bond acceptors (Lipinski definition) is 5. The van der Waals surface area contributed by atoms with Crippen molar-refractivity contribution in [2.24, 2.45) is 0 Å². The first kappa shape index (κ1) is 16.5. The van der Waals surface area contributed by atoms with Gasteiger partial charge in [-0.15, -0.1) is 0 Å². The van der Waals surface area contributed by atoms with Crippen LogP contribution in [-0.4, -0.2) is 33.5 Å². The third-order valence-electron chi connectivity index (χ3n) is 4.67. The minimum Gasteiger partial charge on any atom is -0.497 e. The largest absolute Gasteiger partial charge is 0.497 e. The minimum absolute atomic E-state index is 0.0544. The lowest BCUT2D eigenvalue weighted by Gasteiger charge is -2.27. The van der Waals surface area contributed by atoms with Gasteiger partial charge in [0.2, 0.25) is 0 Å². The van der Waals surface area contributed by atoms with Crippen LogP contribution in [0.25, 0.3) is 11.4 Å². The molecule has 1 aliphatic heterocycles. The number of rotatable bonds is 4. The topological polar surface area (TPSA) is 71.1 Å². The molecule has 2 aromatic heterocycles. The van der Waals surface area contributed by atoms with Crippen LogP contribution in [0.15, 0.2) is 53.6 Å². The lowest BCUT2D eigenvalue weighted by molar-refractivity contribution is 0.242. The fraction of sp³-hybridized carbons (Fsp3) is 0.250. The number of fused-ring (bicyclic) bond motifs is 1. The molecular formula is C20H20N4O2. The highest BCUT2D eigenvalue weighted by Gasteiger charge is 2.21. The van der Waals surface area contributed by atoms with E-state index in [-0.39, 0.29) is 5.56 Å². The zero-order valence-corrected chi connectivity index (χ0v) is 14.6. The highest BCUT2D eigenvalue weighted by atomic mass is 16.5. The van der Waals surface area contributed by atoms with Gasteiger partial charge in [0, 0.05) is 44.0 Å². The van der Waals surface area contributed by atoms with Crippen LogP contribution >= 0.6 is 0 Å². The molecule has 0 fully saturated rings. The standard InChI is InChI=1S/C20H20N4O2/c1-26-16-4-2-14(3-5-16)12-24-11-8-18-17(13-24)20(25)23-19(22-18)15-6-9-21-10-7-15/h2-7,9-10H,8,11-13H2,1H3,(H,22,23,25). The number of pyridine rings is 1. The van der Waals surface area contributed by atoms with Crippen molar-refractivity contribution < 1.29 is 4.74 Å². The maximum atomic E-state index is 12.6. The van der Waals surface area contributed by atoms with Crippen molar-refractivity contribution in [3.05, 3.63) is 76.0 Å². The fourth-order valence-electron chi connectivity index (χ4n) is 3.25. The number of H-pyrrole nitrogens is 1. The molecule has 1 N–H and O–H groups in total. The van der Waals surface area contributed by atoms with Crippen LogP contribution in [0.4, 0.5) is 0 Å². The Kier molecular flexibility index (Phi) is 4.50. The summed E-state index contributed by atoms with van der Waals surface area (Å²) < 4.78 is 5.20. The summed E-state index contributed by atoms with van der Waals surface area (Å²) >= 11 is 0. The van der Waals surface area contributed by atoms with Gasteiger partial charge >= 0.3 is 0 Å². The van der Waals surface area contributed by atoms with Gasteiger partial charge in [0.15, 0.2) is 0 Å². The van der Waals surface area contributed by atoms with Gasteiger partial charge in [-0.05, 0) is 29.8 Å². The monoisotopic (exact) mass is 348 g/mol. The predicted octanol–water partition coefficient (Wildman–Crippen LogP) is 2.40. The molecule has 6 nitrogen and oxygen atoms in total. The van der Waals surface area contributed by atoms with Crippen LogP contribution in [0.1, 0.15) is 16.8 Å². The Bertz CT molecular complexity index is 952. The molecule has 0 aliphatic carbocycles. The number of nitrogens with zero attached hydrogens (tertiary/aromatic N) is 3. The summed E-state index contributed by atoms with van der Waals surface area (Å²) in [5.74, 6) is 1.46. The first-order valence-corrected chi connectivity index (χ1v) is 8.60. The van der Waals surface area contributed by atoms with Crippen LogP contribution in [0.2, 0.25) is 0 Å². The van der Waals surface area contributed by atoms with Crippen molar-refractivity contribution in [3.63, 3.8) is 0 Å². The van der Waals surface area contributed by atoms with Gasteiger partial charge in [0.05, 0.1) is 18.4 Å². The zero-order valence-electron chi connectivity index (χ0n) is 14.6. The molecule has 0 bridgehead atoms. The van der Waals surface area contributed by atoms with Crippen molar-refractivity contribution >= 4 is 0 Å². The Morgan fingerprint density at radius 2 is 1.92 bits per heavy atom. The second-order valence-corrected chi connectivity index (χ2v) is 6.38. The van der Waals surface area contributed by atoms with E-state index in [0.717, 1.165) is 42.1 Å². The Balaban J connectivity index is 1.54. The Hall–Kier alpha value is -2.99. The normalized spacial score (nSPS) is 14.0. The number of aromatic amines is 1. The molecule has 132 valence electrons. The maximum Gasteiger partial charge on any atom is 0.255 e. The van der Waals surface area contributed by atoms with Crippen molar-refractivity contribution in [1.29, 1.82) is 0 Å². The molecule has 0 unspecified atom stereocenters. The molecule has 0 atom stereocenters. The van der Waals surface area contributed by atoms with E-state index < -0.39 is 0 Å². The number of ether oxygens (including phenoxy) is 1. The predicted molar refractivity (Wildman–Crippen MR) is 98.9 cm³/mol. The van der Waals surface area contributed by atoms with E-state index in [4.69, 9.17) is 4.74 Å². The lowest BCUT2D eigenvalue weighted by Crippen LogP contribution is -2.35. The van der Waals surface area contributed by atoms with E-state index in [0.29, 0.717) is 12.4 Å². The molecule has 26 heavy (non-hydrogen) atoms. The Morgan fingerprint density at radius 3 is 2.65 bits per heavy atom. The molecule has 1 aromatic carbocycles. The smallest absolute Gasteiger partial charge is 0.255 e. The third-order valence-corrected chi connectivity index (χ3v) is 4.67. The summed E-state index contributed by atoms with van der Waals surface area (Å²) in [4.78, 5) is 26.5.